The van der Waals surface area contributed by atoms with Gasteiger partial charge in [0.05, 0.1) is 18.8 Å². The molecular weight excluding hydrogens is 306 g/mol. The van der Waals surface area contributed by atoms with Gasteiger partial charge >= 0.3 is 0 Å². The van der Waals surface area contributed by atoms with Crippen LogP contribution in [0.3, 0.4) is 0 Å². The van der Waals surface area contributed by atoms with E-state index in [2.05, 4.69) is 20.2 Å². The minimum absolute atomic E-state index is 0.0659. The molecule has 2 aromatic rings. The van der Waals surface area contributed by atoms with Crippen molar-refractivity contribution < 1.29 is 9.53 Å². The van der Waals surface area contributed by atoms with Gasteiger partial charge in [0.2, 0.25) is 5.91 Å². The van der Waals surface area contributed by atoms with Crippen LogP contribution in [0.25, 0.3) is 0 Å². The molecule has 128 valence electrons. The van der Waals surface area contributed by atoms with Gasteiger partial charge < -0.3 is 14.6 Å². The molecule has 3 rings (SSSR count). The Morgan fingerprint density at radius 1 is 1.42 bits per heavy atom. The van der Waals surface area contributed by atoms with E-state index in [1.807, 2.05) is 36.1 Å². The van der Waals surface area contributed by atoms with E-state index in [0.717, 1.165) is 43.3 Å². The van der Waals surface area contributed by atoms with Gasteiger partial charge in [-0.05, 0) is 12.5 Å². The highest BCUT2D eigenvalue weighted by molar-refractivity contribution is 5.72. The molecule has 7 heteroatoms. The van der Waals surface area contributed by atoms with Crippen molar-refractivity contribution in [3.63, 3.8) is 0 Å². The maximum absolute atomic E-state index is 11.0. The number of nitrogens with zero attached hydrogens (tertiary/aromatic N) is 4. The Bertz CT molecular complexity index is 700. The van der Waals surface area contributed by atoms with Crippen molar-refractivity contribution in [2.45, 2.75) is 32.5 Å². The zero-order chi connectivity index (χ0) is 16.9. The zero-order valence-electron chi connectivity index (χ0n) is 14.1. The summed E-state index contributed by atoms with van der Waals surface area (Å²) >= 11 is 0. The van der Waals surface area contributed by atoms with Crippen LogP contribution in [0.1, 0.15) is 24.9 Å². The van der Waals surface area contributed by atoms with E-state index in [1.54, 1.807) is 6.20 Å². The predicted molar refractivity (Wildman–Crippen MR) is 89.3 cm³/mol. The van der Waals surface area contributed by atoms with Gasteiger partial charge in [-0.3, -0.25) is 14.7 Å². The van der Waals surface area contributed by atoms with E-state index in [-0.39, 0.29) is 12.0 Å². The van der Waals surface area contributed by atoms with Gasteiger partial charge in [0, 0.05) is 51.7 Å². The van der Waals surface area contributed by atoms with E-state index < -0.39 is 0 Å². The first-order valence-corrected chi connectivity index (χ1v) is 8.15. The van der Waals surface area contributed by atoms with Crippen LogP contribution in [-0.4, -0.2) is 44.5 Å². The average molecular weight is 329 g/mol. The normalized spacial score (nSPS) is 17.8. The maximum atomic E-state index is 11.0. The van der Waals surface area contributed by atoms with Crippen LogP contribution in [0.2, 0.25) is 0 Å². The van der Waals surface area contributed by atoms with Crippen LogP contribution in [-0.2, 0) is 24.9 Å². The number of aryl methyl sites for hydroxylation is 1. The molecule has 2 aromatic heterocycles. The molecule has 0 saturated carbocycles. The quantitative estimate of drug-likeness (QED) is 0.859. The Balaban J connectivity index is 1.52. The standard InChI is InChI=1S/C17H23N5O2/c1-13(23)20-10-14-9-15(3-5-18-14)24-16-4-7-22(11-16)12-17-19-6-8-21(17)2/h3,5-6,8-9,16H,4,7,10-12H2,1-2H3,(H,20,23). The fourth-order valence-electron chi connectivity index (χ4n) is 2.82. The molecule has 0 aromatic carbocycles. The fourth-order valence-corrected chi connectivity index (χ4v) is 2.82. The van der Waals surface area contributed by atoms with Crippen LogP contribution in [0, 0.1) is 0 Å². The lowest BCUT2D eigenvalue weighted by Crippen LogP contribution is -2.25. The molecule has 0 aliphatic carbocycles. The molecule has 7 nitrogen and oxygen atoms in total. The highest BCUT2D eigenvalue weighted by Crippen LogP contribution is 2.20. The lowest BCUT2D eigenvalue weighted by Gasteiger charge is -2.17. The topological polar surface area (TPSA) is 72.3 Å². The maximum Gasteiger partial charge on any atom is 0.217 e. The fraction of sp³-hybridized carbons (Fsp3) is 0.471. The van der Waals surface area contributed by atoms with E-state index in [0.29, 0.717) is 6.54 Å². The van der Waals surface area contributed by atoms with Crippen molar-refractivity contribution in [1.29, 1.82) is 0 Å². The SMILES string of the molecule is CC(=O)NCc1cc(OC2CCN(Cc3nccn3C)C2)ccn1. The summed E-state index contributed by atoms with van der Waals surface area (Å²) in [6.07, 6.45) is 6.67. The Morgan fingerprint density at radius 3 is 3.04 bits per heavy atom. The third-order valence-electron chi connectivity index (χ3n) is 4.12. The number of nitrogens with one attached hydrogen (secondary N) is 1. The highest BCUT2D eigenvalue weighted by Gasteiger charge is 2.24. The molecule has 0 radical (unpaired) electrons. The van der Waals surface area contributed by atoms with Crippen LogP contribution in [0.15, 0.2) is 30.7 Å². The number of rotatable bonds is 6. The van der Waals surface area contributed by atoms with E-state index in [9.17, 15) is 4.79 Å². The summed E-state index contributed by atoms with van der Waals surface area (Å²) in [7, 11) is 2.01. The Kier molecular flexibility index (Phi) is 5.10. The third kappa shape index (κ3) is 4.32. The van der Waals surface area contributed by atoms with Gasteiger partial charge in [-0.15, -0.1) is 0 Å². The number of pyridine rings is 1. The van der Waals surface area contributed by atoms with Crippen molar-refractivity contribution in [2.75, 3.05) is 13.1 Å². The molecule has 1 saturated heterocycles. The molecule has 24 heavy (non-hydrogen) atoms. The second kappa shape index (κ2) is 7.44. The molecule has 1 aliphatic heterocycles. The Labute approximate surface area is 141 Å². The van der Waals surface area contributed by atoms with Gasteiger partial charge in [0.15, 0.2) is 0 Å². The number of carbonyl (C=O) groups excluding carboxylic acids is 1. The minimum Gasteiger partial charge on any atom is -0.489 e. The molecule has 0 spiro atoms. The molecule has 1 N–H and O–H groups in total. The Morgan fingerprint density at radius 2 is 2.29 bits per heavy atom. The second-order valence-electron chi connectivity index (χ2n) is 6.11. The molecule has 1 amide bonds. The molecule has 1 unspecified atom stereocenters. The number of carbonyl (C=O) groups is 1. The molecule has 1 fully saturated rings. The van der Waals surface area contributed by atoms with Gasteiger partial charge in [-0.25, -0.2) is 4.98 Å². The number of aromatic nitrogens is 3. The highest BCUT2D eigenvalue weighted by atomic mass is 16.5. The summed E-state index contributed by atoms with van der Waals surface area (Å²) < 4.78 is 8.13. The molecule has 1 atom stereocenters. The van der Waals surface area contributed by atoms with Gasteiger partial charge in [0.1, 0.15) is 17.7 Å². The summed E-state index contributed by atoms with van der Waals surface area (Å²) in [6.45, 7) is 4.64. The van der Waals surface area contributed by atoms with E-state index in [1.165, 1.54) is 6.92 Å². The predicted octanol–water partition coefficient (Wildman–Crippen LogP) is 1.10. The summed E-state index contributed by atoms with van der Waals surface area (Å²) in [4.78, 5) is 22.0. The van der Waals surface area contributed by atoms with Crippen molar-refractivity contribution in [2.24, 2.45) is 7.05 Å². The first-order valence-electron chi connectivity index (χ1n) is 8.15. The number of imidazole rings is 1. The van der Waals surface area contributed by atoms with Gasteiger partial charge in [-0.2, -0.15) is 0 Å². The Hall–Kier alpha value is -2.41. The lowest BCUT2D eigenvalue weighted by atomic mass is 10.3. The number of likely N-dealkylation sites (tertiary alicyclic amines) is 1. The monoisotopic (exact) mass is 329 g/mol. The molecule has 1 aliphatic rings. The summed E-state index contributed by atoms with van der Waals surface area (Å²) in [5.74, 6) is 1.80. The zero-order valence-corrected chi connectivity index (χ0v) is 14.1. The smallest absolute Gasteiger partial charge is 0.217 e. The number of hydrogen-bond acceptors (Lipinski definition) is 5. The van der Waals surface area contributed by atoms with Crippen LogP contribution in [0.4, 0.5) is 0 Å². The third-order valence-corrected chi connectivity index (χ3v) is 4.12. The van der Waals surface area contributed by atoms with Gasteiger partial charge in [-0.1, -0.05) is 0 Å². The van der Waals surface area contributed by atoms with Crippen molar-refractivity contribution >= 4 is 5.91 Å². The molecule has 0 bridgehead atoms. The first kappa shape index (κ1) is 16.4. The van der Waals surface area contributed by atoms with Gasteiger partial charge in [0.25, 0.3) is 0 Å². The van der Waals surface area contributed by atoms with Crippen LogP contribution < -0.4 is 10.1 Å². The van der Waals surface area contributed by atoms with Crippen LogP contribution in [0.5, 0.6) is 5.75 Å². The average Bonchev–Trinajstić information content (AvgIpc) is 3.16. The molecule has 3 heterocycles. The first-order chi connectivity index (χ1) is 11.6. The minimum atomic E-state index is -0.0659. The number of amides is 1. The summed E-state index contributed by atoms with van der Waals surface area (Å²) in [6, 6.07) is 3.75. The van der Waals surface area contributed by atoms with Crippen molar-refractivity contribution in [3.8, 4) is 5.75 Å². The van der Waals surface area contributed by atoms with Crippen LogP contribution >= 0.6 is 0 Å². The number of ether oxygens (including phenoxy) is 1. The lowest BCUT2D eigenvalue weighted by molar-refractivity contribution is -0.119. The second-order valence-corrected chi connectivity index (χ2v) is 6.11. The molecular formula is C17H23N5O2. The number of hydrogen-bond donors (Lipinski definition) is 1. The summed E-state index contributed by atoms with van der Waals surface area (Å²) in [5, 5.41) is 2.75. The van der Waals surface area contributed by atoms with E-state index >= 15 is 0 Å². The van der Waals surface area contributed by atoms with Crippen molar-refractivity contribution in [1.82, 2.24) is 24.8 Å². The van der Waals surface area contributed by atoms with E-state index in [4.69, 9.17) is 4.74 Å². The van der Waals surface area contributed by atoms with Crippen molar-refractivity contribution in [3.05, 3.63) is 42.2 Å². The summed E-state index contributed by atoms with van der Waals surface area (Å²) in [5.41, 5.74) is 0.797. The largest absolute Gasteiger partial charge is 0.489 e.